The summed E-state index contributed by atoms with van der Waals surface area (Å²) in [4.78, 5) is 12.7. The largest absolute Gasteiger partial charge is 0.393 e. The average molecular weight is 235 g/mol. The van der Waals surface area contributed by atoms with E-state index in [1.54, 1.807) is 18.2 Å². The first-order chi connectivity index (χ1) is 8.00. The lowest BCUT2D eigenvalue weighted by atomic mass is 10.0. The van der Waals surface area contributed by atoms with Gasteiger partial charge in [0.15, 0.2) is 0 Å². The summed E-state index contributed by atoms with van der Waals surface area (Å²) in [6.07, 6.45) is 0. The van der Waals surface area contributed by atoms with Crippen LogP contribution in [0.1, 0.15) is 13.8 Å². The summed E-state index contributed by atoms with van der Waals surface area (Å²) in [5, 5.41) is 11.1. The highest BCUT2D eigenvalue weighted by Gasteiger charge is 2.31. The first kappa shape index (κ1) is 11.7. The van der Waals surface area contributed by atoms with E-state index < -0.39 is 4.92 Å². The molecule has 2 N–H and O–H groups in total. The minimum Gasteiger partial charge on any atom is -0.393 e. The van der Waals surface area contributed by atoms with Crippen LogP contribution in [0.15, 0.2) is 18.2 Å². The molecule has 1 saturated heterocycles. The van der Waals surface area contributed by atoms with Gasteiger partial charge in [-0.1, -0.05) is 19.9 Å². The van der Waals surface area contributed by atoms with E-state index in [1.807, 2.05) is 0 Å². The van der Waals surface area contributed by atoms with E-state index in [1.165, 1.54) is 0 Å². The van der Waals surface area contributed by atoms with Gasteiger partial charge in [-0.05, 0) is 24.0 Å². The summed E-state index contributed by atoms with van der Waals surface area (Å²) < 4.78 is 0. The quantitative estimate of drug-likeness (QED) is 0.485. The molecule has 0 bridgehead atoms. The van der Waals surface area contributed by atoms with Crippen molar-refractivity contribution in [3.63, 3.8) is 0 Å². The minimum absolute atomic E-state index is 0.0359. The van der Waals surface area contributed by atoms with Crippen molar-refractivity contribution in [2.75, 3.05) is 23.7 Å². The number of nitrogen functional groups attached to an aromatic ring is 1. The Kier molecular flexibility index (Phi) is 2.92. The molecule has 2 unspecified atom stereocenters. The minimum atomic E-state index is -0.391. The van der Waals surface area contributed by atoms with Gasteiger partial charge in [0, 0.05) is 13.1 Å². The van der Waals surface area contributed by atoms with Gasteiger partial charge in [0.2, 0.25) is 0 Å². The van der Waals surface area contributed by atoms with Gasteiger partial charge in [-0.2, -0.15) is 0 Å². The summed E-state index contributed by atoms with van der Waals surface area (Å²) in [6.45, 7) is 6.04. The van der Waals surface area contributed by atoms with Crippen LogP contribution < -0.4 is 10.6 Å². The number of nitrogens with two attached hydrogens (primary N) is 1. The molecule has 0 radical (unpaired) electrons. The number of nitrogens with zero attached hydrogens (tertiary/aromatic N) is 2. The van der Waals surface area contributed by atoms with E-state index >= 15 is 0 Å². The van der Waals surface area contributed by atoms with Gasteiger partial charge in [-0.15, -0.1) is 0 Å². The summed E-state index contributed by atoms with van der Waals surface area (Å²) in [6, 6.07) is 5.12. The van der Waals surface area contributed by atoms with Gasteiger partial charge in [-0.3, -0.25) is 10.1 Å². The van der Waals surface area contributed by atoms with Crippen LogP contribution in [0, 0.1) is 22.0 Å². The van der Waals surface area contributed by atoms with E-state index in [0.29, 0.717) is 17.5 Å². The van der Waals surface area contributed by atoms with Crippen LogP contribution in [-0.4, -0.2) is 18.0 Å². The summed E-state index contributed by atoms with van der Waals surface area (Å²) in [5.41, 5.74) is 6.61. The zero-order valence-electron chi connectivity index (χ0n) is 10.1. The molecule has 0 aliphatic carbocycles. The zero-order valence-corrected chi connectivity index (χ0v) is 10.1. The van der Waals surface area contributed by atoms with Gasteiger partial charge in [0.25, 0.3) is 0 Å². The van der Waals surface area contributed by atoms with Gasteiger partial charge >= 0.3 is 5.69 Å². The molecule has 1 heterocycles. The lowest BCUT2D eigenvalue weighted by molar-refractivity contribution is -0.383. The third-order valence-electron chi connectivity index (χ3n) is 3.56. The van der Waals surface area contributed by atoms with Gasteiger partial charge in [-0.25, -0.2) is 0 Å². The predicted octanol–water partition coefficient (Wildman–Crippen LogP) is 2.27. The van der Waals surface area contributed by atoms with E-state index in [9.17, 15) is 10.1 Å². The second kappa shape index (κ2) is 4.24. The average Bonchev–Trinajstić information content (AvgIpc) is 2.58. The van der Waals surface area contributed by atoms with Crippen molar-refractivity contribution < 1.29 is 4.92 Å². The van der Waals surface area contributed by atoms with Crippen LogP contribution >= 0.6 is 0 Å². The number of hydrogen-bond donors (Lipinski definition) is 1. The maximum atomic E-state index is 11.1. The number of rotatable bonds is 2. The summed E-state index contributed by atoms with van der Waals surface area (Å²) >= 11 is 0. The summed E-state index contributed by atoms with van der Waals surface area (Å²) in [7, 11) is 0. The van der Waals surface area contributed by atoms with E-state index in [0.717, 1.165) is 13.1 Å². The van der Waals surface area contributed by atoms with Gasteiger partial charge in [0.05, 0.1) is 4.92 Å². The molecular formula is C12H17N3O2. The Bertz CT molecular complexity index is 437. The standard InChI is InChI=1S/C12H17N3O2/c1-8-6-14(7-9(8)2)11-5-3-4-10(13)12(11)15(16)17/h3-5,8-9H,6-7,13H2,1-2H3. The molecule has 2 atom stereocenters. The number of nitro benzene ring substituents is 1. The molecule has 5 heteroatoms. The Labute approximate surface area is 100 Å². The zero-order chi connectivity index (χ0) is 12.6. The number of anilines is 2. The Morgan fingerprint density at radius 1 is 1.35 bits per heavy atom. The van der Waals surface area contributed by atoms with Crippen LogP contribution in [0.5, 0.6) is 0 Å². The van der Waals surface area contributed by atoms with Crippen LogP contribution in [0.4, 0.5) is 17.1 Å². The fourth-order valence-electron chi connectivity index (χ4n) is 2.33. The van der Waals surface area contributed by atoms with E-state index in [-0.39, 0.29) is 11.4 Å². The molecule has 0 spiro atoms. The number of benzene rings is 1. The normalized spacial score (nSPS) is 24.0. The molecule has 0 saturated carbocycles. The first-order valence-electron chi connectivity index (χ1n) is 5.78. The molecule has 0 amide bonds. The molecule has 1 aromatic rings. The molecule has 2 rings (SSSR count). The van der Waals surface area contributed by atoms with Gasteiger partial charge < -0.3 is 10.6 Å². The maximum Gasteiger partial charge on any atom is 0.315 e. The van der Waals surface area contributed by atoms with Crippen LogP contribution in [-0.2, 0) is 0 Å². The summed E-state index contributed by atoms with van der Waals surface area (Å²) in [5.74, 6) is 1.10. The van der Waals surface area contributed by atoms with E-state index in [4.69, 9.17) is 5.73 Å². The monoisotopic (exact) mass is 235 g/mol. The molecule has 1 fully saturated rings. The molecule has 5 nitrogen and oxygen atoms in total. The number of para-hydroxylation sites is 1. The SMILES string of the molecule is CC1CN(c2cccc(N)c2[N+](=O)[O-])CC1C. The number of nitro groups is 1. The highest BCUT2D eigenvalue weighted by Crippen LogP contribution is 2.37. The molecule has 1 aliphatic heterocycles. The lowest BCUT2D eigenvalue weighted by Crippen LogP contribution is -2.21. The molecule has 17 heavy (non-hydrogen) atoms. The fourth-order valence-corrected chi connectivity index (χ4v) is 2.33. The Morgan fingerprint density at radius 2 is 1.94 bits per heavy atom. The lowest BCUT2D eigenvalue weighted by Gasteiger charge is -2.18. The molecule has 0 aromatic heterocycles. The first-order valence-corrected chi connectivity index (χ1v) is 5.78. The van der Waals surface area contributed by atoms with Crippen molar-refractivity contribution in [2.24, 2.45) is 11.8 Å². The second-order valence-electron chi connectivity index (χ2n) is 4.83. The molecule has 1 aliphatic rings. The number of hydrogen-bond acceptors (Lipinski definition) is 4. The third-order valence-corrected chi connectivity index (χ3v) is 3.56. The van der Waals surface area contributed by atoms with Crippen LogP contribution in [0.3, 0.4) is 0 Å². The predicted molar refractivity (Wildman–Crippen MR) is 68.0 cm³/mol. The Morgan fingerprint density at radius 3 is 2.47 bits per heavy atom. The Hall–Kier alpha value is -1.78. The van der Waals surface area contributed by atoms with Crippen LogP contribution in [0.2, 0.25) is 0 Å². The second-order valence-corrected chi connectivity index (χ2v) is 4.83. The van der Waals surface area contributed by atoms with Crippen molar-refractivity contribution >= 4 is 17.1 Å². The van der Waals surface area contributed by atoms with Crippen molar-refractivity contribution in [2.45, 2.75) is 13.8 Å². The highest BCUT2D eigenvalue weighted by molar-refractivity contribution is 5.75. The molecular weight excluding hydrogens is 218 g/mol. The molecule has 92 valence electrons. The highest BCUT2D eigenvalue weighted by atomic mass is 16.6. The Balaban J connectivity index is 2.39. The topological polar surface area (TPSA) is 72.4 Å². The van der Waals surface area contributed by atoms with Crippen molar-refractivity contribution in [1.29, 1.82) is 0 Å². The molecule has 1 aromatic carbocycles. The van der Waals surface area contributed by atoms with Crippen molar-refractivity contribution in [3.05, 3.63) is 28.3 Å². The van der Waals surface area contributed by atoms with Crippen molar-refractivity contribution in [3.8, 4) is 0 Å². The fraction of sp³-hybridized carbons (Fsp3) is 0.500. The smallest absolute Gasteiger partial charge is 0.315 e. The third kappa shape index (κ3) is 2.05. The van der Waals surface area contributed by atoms with Crippen molar-refractivity contribution in [1.82, 2.24) is 0 Å². The van der Waals surface area contributed by atoms with E-state index in [2.05, 4.69) is 18.7 Å². The van der Waals surface area contributed by atoms with Crippen LogP contribution in [0.25, 0.3) is 0 Å². The maximum absolute atomic E-state index is 11.1. The van der Waals surface area contributed by atoms with Gasteiger partial charge in [0.1, 0.15) is 11.4 Å².